The molecule has 2 heterocycles. The first-order valence-electron chi connectivity index (χ1n) is 7.68. The molecule has 0 aromatic rings. The van der Waals surface area contributed by atoms with Crippen LogP contribution in [0.15, 0.2) is 0 Å². The summed E-state index contributed by atoms with van der Waals surface area (Å²) in [5.41, 5.74) is 0. The maximum Gasteiger partial charge on any atom is 0.225 e. The fourth-order valence-electron chi connectivity index (χ4n) is 3.24. The second kappa shape index (κ2) is 6.71. The SMILES string of the molecule is CC(C)C(=O)N1CCC(CC(C)N2CCOCC2)C1. The summed E-state index contributed by atoms with van der Waals surface area (Å²) >= 11 is 0. The highest BCUT2D eigenvalue weighted by molar-refractivity contribution is 5.78. The van der Waals surface area contributed by atoms with E-state index >= 15 is 0 Å². The van der Waals surface area contributed by atoms with Crippen LogP contribution in [-0.2, 0) is 9.53 Å². The molecule has 1 amide bonds. The summed E-state index contributed by atoms with van der Waals surface area (Å²) in [6, 6.07) is 0.614. The summed E-state index contributed by atoms with van der Waals surface area (Å²) in [4.78, 5) is 16.6. The Morgan fingerprint density at radius 1 is 1.21 bits per heavy atom. The second-order valence-corrected chi connectivity index (χ2v) is 6.33. The first-order chi connectivity index (χ1) is 9.08. The molecule has 19 heavy (non-hydrogen) atoms. The Kier molecular flexibility index (Phi) is 5.22. The first kappa shape index (κ1) is 14.8. The number of rotatable bonds is 4. The Morgan fingerprint density at radius 3 is 2.53 bits per heavy atom. The molecule has 0 aromatic carbocycles. The van der Waals surface area contributed by atoms with Crippen molar-refractivity contribution >= 4 is 5.91 Å². The molecule has 0 bridgehead atoms. The van der Waals surface area contributed by atoms with Gasteiger partial charge in [-0.3, -0.25) is 9.69 Å². The van der Waals surface area contributed by atoms with Crippen LogP contribution in [0.4, 0.5) is 0 Å². The lowest BCUT2D eigenvalue weighted by Crippen LogP contribution is -2.43. The number of morpholine rings is 1. The molecule has 4 nitrogen and oxygen atoms in total. The number of ether oxygens (including phenoxy) is 1. The molecule has 0 N–H and O–H groups in total. The second-order valence-electron chi connectivity index (χ2n) is 6.33. The Bertz CT molecular complexity index is 301. The summed E-state index contributed by atoms with van der Waals surface area (Å²) in [6.07, 6.45) is 2.38. The summed E-state index contributed by atoms with van der Waals surface area (Å²) in [5.74, 6) is 1.14. The maximum absolute atomic E-state index is 12.0. The first-order valence-corrected chi connectivity index (χ1v) is 7.68. The van der Waals surface area contributed by atoms with E-state index in [0.717, 1.165) is 39.4 Å². The number of likely N-dealkylation sites (tertiary alicyclic amines) is 1. The minimum absolute atomic E-state index is 0.135. The van der Waals surface area contributed by atoms with Gasteiger partial charge in [0.05, 0.1) is 13.2 Å². The van der Waals surface area contributed by atoms with Crippen LogP contribution in [0.1, 0.15) is 33.6 Å². The molecule has 110 valence electrons. The summed E-state index contributed by atoms with van der Waals surface area (Å²) in [6.45, 7) is 12.1. The molecule has 2 saturated heterocycles. The van der Waals surface area contributed by atoms with Crippen molar-refractivity contribution in [1.82, 2.24) is 9.80 Å². The molecule has 0 aliphatic carbocycles. The zero-order valence-electron chi connectivity index (χ0n) is 12.6. The number of nitrogens with zero attached hydrogens (tertiary/aromatic N) is 2. The van der Waals surface area contributed by atoms with Crippen LogP contribution >= 0.6 is 0 Å². The highest BCUT2D eigenvalue weighted by Gasteiger charge is 2.29. The standard InChI is InChI=1S/C15H28N2O2/c1-12(2)15(18)17-5-4-14(11-17)10-13(3)16-6-8-19-9-7-16/h12-14H,4-11H2,1-3H3. The van der Waals surface area contributed by atoms with Crippen LogP contribution < -0.4 is 0 Å². The van der Waals surface area contributed by atoms with Crippen molar-refractivity contribution in [1.29, 1.82) is 0 Å². The van der Waals surface area contributed by atoms with Crippen LogP contribution in [0.5, 0.6) is 0 Å². The predicted molar refractivity (Wildman–Crippen MR) is 76.0 cm³/mol. The van der Waals surface area contributed by atoms with Gasteiger partial charge in [-0.05, 0) is 25.7 Å². The van der Waals surface area contributed by atoms with Crippen LogP contribution in [0.3, 0.4) is 0 Å². The maximum atomic E-state index is 12.0. The lowest BCUT2D eigenvalue weighted by molar-refractivity contribution is -0.133. The van der Waals surface area contributed by atoms with Gasteiger partial charge in [0.1, 0.15) is 0 Å². The fraction of sp³-hybridized carbons (Fsp3) is 0.933. The van der Waals surface area contributed by atoms with Crippen molar-refractivity contribution in [2.24, 2.45) is 11.8 Å². The Hall–Kier alpha value is -0.610. The lowest BCUT2D eigenvalue weighted by atomic mass is 9.99. The Balaban J connectivity index is 1.76. The third-order valence-corrected chi connectivity index (χ3v) is 4.43. The van der Waals surface area contributed by atoms with Crippen molar-refractivity contribution < 1.29 is 9.53 Å². The molecule has 2 aliphatic rings. The van der Waals surface area contributed by atoms with Gasteiger partial charge >= 0.3 is 0 Å². The van der Waals surface area contributed by atoms with E-state index in [1.54, 1.807) is 0 Å². The van der Waals surface area contributed by atoms with Crippen molar-refractivity contribution in [2.45, 2.75) is 39.7 Å². The van der Waals surface area contributed by atoms with Gasteiger partial charge in [0, 0.05) is 38.1 Å². The quantitative estimate of drug-likeness (QED) is 0.776. The minimum atomic E-state index is 0.135. The molecule has 2 atom stereocenters. The minimum Gasteiger partial charge on any atom is -0.379 e. The molecule has 2 unspecified atom stereocenters. The average Bonchev–Trinajstić information content (AvgIpc) is 2.87. The van der Waals surface area contributed by atoms with Gasteiger partial charge in [0.15, 0.2) is 0 Å². The number of carbonyl (C=O) groups excluding carboxylic acids is 1. The van der Waals surface area contributed by atoms with Gasteiger partial charge in [-0.1, -0.05) is 13.8 Å². The van der Waals surface area contributed by atoms with Gasteiger partial charge in [-0.2, -0.15) is 0 Å². The number of amides is 1. The van der Waals surface area contributed by atoms with Gasteiger partial charge in [-0.15, -0.1) is 0 Å². The highest BCUT2D eigenvalue weighted by atomic mass is 16.5. The summed E-state index contributed by atoms with van der Waals surface area (Å²) < 4.78 is 5.40. The van der Waals surface area contributed by atoms with E-state index in [-0.39, 0.29) is 5.92 Å². The van der Waals surface area contributed by atoms with Crippen LogP contribution in [0.25, 0.3) is 0 Å². The van der Waals surface area contributed by atoms with Gasteiger partial charge in [0.2, 0.25) is 5.91 Å². The normalized spacial score (nSPS) is 26.9. The van der Waals surface area contributed by atoms with Gasteiger partial charge in [0.25, 0.3) is 0 Å². The molecule has 2 aliphatic heterocycles. The van der Waals surface area contributed by atoms with E-state index in [9.17, 15) is 4.79 Å². The largest absolute Gasteiger partial charge is 0.379 e. The van der Waals surface area contributed by atoms with Crippen LogP contribution in [0.2, 0.25) is 0 Å². The summed E-state index contributed by atoms with van der Waals surface area (Å²) in [7, 11) is 0. The predicted octanol–water partition coefficient (Wildman–Crippen LogP) is 1.60. The number of hydrogen-bond donors (Lipinski definition) is 0. The summed E-state index contributed by atoms with van der Waals surface area (Å²) in [5, 5.41) is 0. The van der Waals surface area contributed by atoms with E-state index in [1.165, 1.54) is 12.8 Å². The van der Waals surface area contributed by atoms with E-state index in [4.69, 9.17) is 4.74 Å². The molecule has 0 radical (unpaired) electrons. The van der Waals surface area contributed by atoms with Gasteiger partial charge in [-0.25, -0.2) is 0 Å². The third-order valence-electron chi connectivity index (χ3n) is 4.43. The zero-order valence-corrected chi connectivity index (χ0v) is 12.6. The molecular formula is C15H28N2O2. The molecule has 0 spiro atoms. The zero-order chi connectivity index (χ0) is 13.8. The van der Waals surface area contributed by atoms with E-state index in [0.29, 0.717) is 17.9 Å². The van der Waals surface area contributed by atoms with Crippen molar-refractivity contribution in [3.8, 4) is 0 Å². The van der Waals surface area contributed by atoms with Crippen molar-refractivity contribution in [3.05, 3.63) is 0 Å². The number of hydrogen-bond acceptors (Lipinski definition) is 3. The van der Waals surface area contributed by atoms with Crippen LogP contribution in [-0.4, -0.2) is 61.1 Å². The molecule has 4 heteroatoms. The molecule has 2 rings (SSSR count). The van der Waals surface area contributed by atoms with E-state index in [2.05, 4.69) is 16.7 Å². The highest BCUT2D eigenvalue weighted by Crippen LogP contribution is 2.24. The average molecular weight is 268 g/mol. The monoisotopic (exact) mass is 268 g/mol. The van der Waals surface area contributed by atoms with Gasteiger partial charge < -0.3 is 9.64 Å². The topological polar surface area (TPSA) is 32.8 Å². The molecule has 2 fully saturated rings. The van der Waals surface area contributed by atoms with Crippen molar-refractivity contribution in [3.63, 3.8) is 0 Å². The fourth-order valence-corrected chi connectivity index (χ4v) is 3.24. The molecular weight excluding hydrogens is 240 g/mol. The van der Waals surface area contributed by atoms with Crippen molar-refractivity contribution in [2.75, 3.05) is 39.4 Å². The Morgan fingerprint density at radius 2 is 1.89 bits per heavy atom. The smallest absolute Gasteiger partial charge is 0.225 e. The number of carbonyl (C=O) groups is 1. The van der Waals surface area contributed by atoms with E-state index < -0.39 is 0 Å². The van der Waals surface area contributed by atoms with E-state index in [1.807, 2.05) is 13.8 Å². The molecule has 0 saturated carbocycles. The Labute approximate surface area is 117 Å². The lowest BCUT2D eigenvalue weighted by Gasteiger charge is -2.33. The third kappa shape index (κ3) is 3.93. The molecule has 0 aromatic heterocycles. The van der Waals surface area contributed by atoms with Crippen LogP contribution in [0, 0.1) is 11.8 Å².